The summed E-state index contributed by atoms with van der Waals surface area (Å²) in [6, 6.07) is 8.62. The molecule has 2 aromatic heterocycles. The molecule has 1 amide bonds. The molecule has 2 heterocycles. The molecule has 1 aromatic carbocycles. The molecule has 0 aliphatic carbocycles. The average molecular weight is 507 g/mol. The van der Waals surface area contributed by atoms with Crippen LogP contribution in [-0.4, -0.2) is 34.3 Å². The molecule has 0 aliphatic rings. The van der Waals surface area contributed by atoms with Crippen LogP contribution in [-0.2, 0) is 17.0 Å². The highest BCUT2D eigenvalue weighted by molar-refractivity contribution is 7.20. The maximum absolute atomic E-state index is 14.8. The molecule has 0 atom stereocenters. The number of anilines is 2. The number of nitrogens with one attached hydrogen (secondary N) is 2. The molecule has 0 saturated heterocycles. The summed E-state index contributed by atoms with van der Waals surface area (Å²) in [5.74, 6) is -2.11. The summed E-state index contributed by atoms with van der Waals surface area (Å²) in [5, 5.41) is 22.1. The van der Waals surface area contributed by atoms with Gasteiger partial charge in [0.05, 0.1) is 22.4 Å². The Kier molecular flexibility index (Phi) is 8.87. The van der Waals surface area contributed by atoms with Gasteiger partial charge in [0.1, 0.15) is 29.1 Å². The molecule has 188 valence electrons. The number of carbonyl (C=O) groups is 1. The number of benzene rings is 1. The summed E-state index contributed by atoms with van der Waals surface area (Å²) in [5.41, 5.74) is 7.30. The van der Waals surface area contributed by atoms with Crippen molar-refractivity contribution in [2.75, 3.05) is 18.5 Å². The maximum Gasteiger partial charge on any atom is 0.251 e. The van der Waals surface area contributed by atoms with Crippen LogP contribution in [0.2, 0.25) is 0 Å². The van der Waals surface area contributed by atoms with Gasteiger partial charge < -0.3 is 21.3 Å². The fourth-order valence-electron chi connectivity index (χ4n) is 3.20. The van der Waals surface area contributed by atoms with Gasteiger partial charge in [-0.15, -0.1) is 11.3 Å². The SMILES string of the molecule is CC(C)(O)c1cc(F)c(-c2cc(C(N)=O)c(Nc3cccc(CONCCCCO)n3)s2)c(F)c1. The number of hydrogen-bond donors (Lipinski definition) is 5. The van der Waals surface area contributed by atoms with Crippen molar-refractivity contribution in [1.29, 1.82) is 0 Å². The zero-order valence-electron chi connectivity index (χ0n) is 19.4. The van der Waals surface area contributed by atoms with Crippen molar-refractivity contribution in [1.82, 2.24) is 10.5 Å². The second-order valence-electron chi connectivity index (χ2n) is 8.34. The van der Waals surface area contributed by atoms with Gasteiger partial charge in [-0.2, -0.15) is 0 Å². The van der Waals surface area contributed by atoms with Gasteiger partial charge in [0.25, 0.3) is 5.91 Å². The highest BCUT2D eigenvalue weighted by Crippen LogP contribution is 2.40. The number of unbranched alkanes of at least 4 members (excludes halogenated alkanes) is 1. The van der Waals surface area contributed by atoms with Gasteiger partial charge in [-0.1, -0.05) is 6.07 Å². The van der Waals surface area contributed by atoms with Crippen molar-refractivity contribution in [3.05, 3.63) is 64.9 Å². The molecular formula is C24H28F2N4O4S. The first kappa shape index (κ1) is 26.6. The highest BCUT2D eigenvalue weighted by Gasteiger charge is 2.24. The summed E-state index contributed by atoms with van der Waals surface area (Å²) in [7, 11) is 0. The summed E-state index contributed by atoms with van der Waals surface area (Å²) >= 11 is 0.954. The van der Waals surface area contributed by atoms with Crippen LogP contribution in [0.1, 0.15) is 48.3 Å². The lowest BCUT2D eigenvalue weighted by atomic mass is 9.96. The summed E-state index contributed by atoms with van der Waals surface area (Å²) < 4.78 is 29.7. The number of nitrogens with two attached hydrogens (primary N) is 1. The van der Waals surface area contributed by atoms with Gasteiger partial charge >= 0.3 is 0 Å². The van der Waals surface area contributed by atoms with Gasteiger partial charge in [0.15, 0.2) is 0 Å². The second kappa shape index (κ2) is 11.6. The predicted molar refractivity (Wildman–Crippen MR) is 130 cm³/mol. The average Bonchev–Trinajstić information content (AvgIpc) is 3.19. The van der Waals surface area contributed by atoms with Crippen molar-refractivity contribution < 1.29 is 28.6 Å². The third-order valence-corrected chi connectivity index (χ3v) is 6.12. The Hall–Kier alpha value is -2.96. The maximum atomic E-state index is 14.8. The van der Waals surface area contributed by atoms with E-state index in [1.165, 1.54) is 19.9 Å². The third-order valence-electron chi connectivity index (χ3n) is 5.05. The summed E-state index contributed by atoms with van der Waals surface area (Å²) in [4.78, 5) is 22.0. The number of aromatic nitrogens is 1. The van der Waals surface area contributed by atoms with Gasteiger partial charge in [0, 0.05) is 18.0 Å². The lowest BCUT2D eigenvalue weighted by molar-refractivity contribution is 0.0249. The van der Waals surface area contributed by atoms with E-state index in [0.29, 0.717) is 24.5 Å². The Balaban J connectivity index is 1.81. The number of carbonyl (C=O) groups excluding carboxylic acids is 1. The first-order chi connectivity index (χ1) is 16.6. The number of nitrogens with zero attached hydrogens (tertiary/aromatic N) is 1. The molecular weight excluding hydrogens is 478 g/mol. The molecule has 35 heavy (non-hydrogen) atoms. The molecule has 8 nitrogen and oxygen atoms in total. The number of thiophene rings is 1. The zero-order valence-corrected chi connectivity index (χ0v) is 20.2. The molecule has 0 unspecified atom stereocenters. The Morgan fingerprint density at radius 2 is 1.91 bits per heavy atom. The topological polar surface area (TPSA) is 130 Å². The minimum absolute atomic E-state index is 0.0596. The smallest absolute Gasteiger partial charge is 0.251 e. The molecule has 0 saturated carbocycles. The number of aliphatic hydroxyl groups is 2. The number of amides is 1. The predicted octanol–water partition coefficient (Wildman–Crippen LogP) is 3.95. The third kappa shape index (κ3) is 7.03. The first-order valence-corrected chi connectivity index (χ1v) is 11.8. The minimum atomic E-state index is -1.42. The van der Waals surface area contributed by atoms with Crippen LogP contribution in [0.5, 0.6) is 0 Å². The monoisotopic (exact) mass is 506 g/mol. The highest BCUT2D eigenvalue weighted by atomic mass is 32.1. The number of halogens is 2. The summed E-state index contributed by atoms with van der Waals surface area (Å²) in [6.45, 7) is 3.75. The van der Waals surface area contributed by atoms with Crippen molar-refractivity contribution in [2.24, 2.45) is 5.73 Å². The van der Waals surface area contributed by atoms with Crippen LogP contribution < -0.4 is 16.5 Å². The normalized spacial score (nSPS) is 11.6. The van der Waals surface area contributed by atoms with E-state index in [0.717, 1.165) is 29.9 Å². The molecule has 0 radical (unpaired) electrons. The Morgan fingerprint density at radius 3 is 2.54 bits per heavy atom. The van der Waals surface area contributed by atoms with E-state index in [1.807, 2.05) is 0 Å². The van der Waals surface area contributed by atoms with E-state index >= 15 is 0 Å². The van der Waals surface area contributed by atoms with Crippen LogP contribution in [0, 0.1) is 11.6 Å². The fraction of sp³-hybridized carbons (Fsp3) is 0.333. The molecule has 0 aliphatic heterocycles. The van der Waals surface area contributed by atoms with Crippen molar-refractivity contribution in [2.45, 2.75) is 38.9 Å². The number of hydrogen-bond acceptors (Lipinski definition) is 8. The second-order valence-corrected chi connectivity index (χ2v) is 9.40. The first-order valence-electron chi connectivity index (χ1n) is 10.9. The van der Waals surface area contributed by atoms with Crippen LogP contribution >= 0.6 is 11.3 Å². The van der Waals surface area contributed by atoms with Crippen LogP contribution in [0.15, 0.2) is 36.4 Å². The molecule has 0 fully saturated rings. The largest absolute Gasteiger partial charge is 0.396 e. The minimum Gasteiger partial charge on any atom is -0.396 e. The molecule has 0 bridgehead atoms. The van der Waals surface area contributed by atoms with E-state index in [-0.39, 0.29) is 39.8 Å². The Bertz CT molecular complexity index is 1160. The van der Waals surface area contributed by atoms with Gasteiger partial charge in [-0.3, -0.25) is 9.63 Å². The van der Waals surface area contributed by atoms with Crippen LogP contribution in [0.3, 0.4) is 0 Å². The van der Waals surface area contributed by atoms with E-state index in [9.17, 15) is 18.7 Å². The summed E-state index contributed by atoms with van der Waals surface area (Å²) in [6.07, 6.45) is 1.44. The Labute approximate surface area is 205 Å². The molecule has 6 N–H and O–H groups in total. The van der Waals surface area contributed by atoms with E-state index in [2.05, 4.69) is 15.8 Å². The zero-order chi connectivity index (χ0) is 25.6. The molecule has 11 heteroatoms. The van der Waals surface area contributed by atoms with Gasteiger partial charge in [-0.05, 0) is 62.6 Å². The fourth-order valence-corrected chi connectivity index (χ4v) is 4.32. The van der Waals surface area contributed by atoms with Gasteiger partial charge in [0.2, 0.25) is 0 Å². The van der Waals surface area contributed by atoms with Crippen LogP contribution in [0.4, 0.5) is 19.6 Å². The quantitative estimate of drug-likeness (QED) is 0.186. The number of rotatable bonds is 12. The number of aliphatic hydroxyl groups excluding tert-OH is 1. The number of pyridine rings is 1. The van der Waals surface area contributed by atoms with Crippen LogP contribution in [0.25, 0.3) is 10.4 Å². The van der Waals surface area contributed by atoms with Crippen molar-refractivity contribution in [3.63, 3.8) is 0 Å². The molecule has 0 spiro atoms. The standard InChI is InChI=1S/C24H28F2N4O4S/c1-24(2,33)14-10-17(25)21(18(26)11-14)19-12-16(22(27)32)23(35-19)30-20-7-5-6-15(29-20)13-34-28-8-3-4-9-31/h5-7,10-12,28,31,33H,3-4,8-9,13H2,1-2H3,(H2,27,32)(H,29,30). The van der Waals surface area contributed by atoms with Crippen molar-refractivity contribution >= 4 is 28.1 Å². The number of primary amides is 1. The van der Waals surface area contributed by atoms with E-state index in [1.54, 1.807) is 18.2 Å². The molecule has 3 rings (SSSR count). The van der Waals surface area contributed by atoms with Gasteiger partial charge in [-0.25, -0.2) is 19.2 Å². The number of hydroxylamine groups is 1. The molecule has 3 aromatic rings. The van der Waals surface area contributed by atoms with E-state index < -0.39 is 23.1 Å². The van der Waals surface area contributed by atoms with E-state index in [4.69, 9.17) is 15.7 Å². The van der Waals surface area contributed by atoms with Crippen molar-refractivity contribution in [3.8, 4) is 10.4 Å². The Morgan fingerprint density at radius 1 is 1.20 bits per heavy atom. The lowest BCUT2D eigenvalue weighted by Gasteiger charge is -2.18. The lowest BCUT2D eigenvalue weighted by Crippen LogP contribution is -2.16.